The van der Waals surface area contributed by atoms with Gasteiger partial charge in [0.25, 0.3) is 0 Å². The summed E-state index contributed by atoms with van der Waals surface area (Å²) < 4.78 is 0. The van der Waals surface area contributed by atoms with Crippen LogP contribution in [-0.4, -0.2) is 10.8 Å². The molecule has 1 aromatic heterocycles. The van der Waals surface area contributed by atoms with Crippen molar-refractivity contribution in [1.29, 1.82) is 0 Å². The Morgan fingerprint density at radius 1 is 1.43 bits per heavy atom. The second-order valence-corrected chi connectivity index (χ2v) is 3.49. The zero-order chi connectivity index (χ0) is 10.1. The Balaban J connectivity index is 2.78. The van der Waals surface area contributed by atoms with Crippen LogP contribution in [0.3, 0.4) is 0 Å². The molecule has 2 rings (SSSR count). The van der Waals surface area contributed by atoms with E-state index >= 15 is 0 Å². The maximum Gasteiger partial charge on any atom is 0.159 e. The standard InChI is InChI=1S/C11H8ClNO/c1-7(14)8-5-10(12)9-3-2-4-13-11(9)6-8/h2-6H,1H3. The zero-order valence-electron chi connectivity index (χ0n) is 7.62. The Morgan fingerprint density at radius 2 is 2.21 bits per heavy atom. The second kappa shape index (κ2) is 3.39. The summed E-state index contributed by atoms with van der Waals surface area (Å²) >= 11 is 6.01. The molecule has 0 N–H and O–H groups in total. The van der Waals surface area contributed by atoms with E-state index in [9.17, 15) is 4.79 Å². The van der Waals surface area contributed by atoms with E-state index in [0.29, 0.717) is 10.6 Å². The van der Waals surface area contributed by atoms with Crippen LogP contribution in [0, 0.1) is 0 Å². The molecule has 0 saturated carbocycles. The maximum atomic E-state index is 11.2. The maximum absolute atomic E-state index is 11.2. The molecule has 2 nitrogen and oxygen atoms in total. The number of fused-ring (bicyclic) bond motifs is 1. The predicted octanol–water partition coefficient (Wildman–Crippen LogP) is 3.09. The van der Waals surface area contributed by atoms with E-state index in [0.717, 1.165) is 10.9 Å². The average Bonchev–Trinajstić information content (AvgIpc) is 2.17. The van der Waals surface area contributed by atoms with E-state index < -0.39 is 0 Å². The van der Waals surface area contributed by atoms with Crippen LogP contribution >= 0.6 is 11.6 Å². The molecule has 0 bridgehead atoms. The van der Waals surface area contributed by atoms with E-state index in [1.807, 2.05) is 12.1 Å². The van der Waals surface area contributed by atoms with E-state index in [1.165, 1.54) is 6.92 Å². The molecular formula is C11H8ClNO. The van der Waals surface area contributed by atoms with Crippen molar-refractivity contribution < 1.29 is 4.79 Å². The van der Waals surface area contributed by atoms with Crippen LogP contribution in [0.5, 0.6) is 0 Å². The molecule has 0 aliphatic heterocycles. The van der Waals surface area contributed by atoms with Gasteiger partial charge in [0.15, 0.2) is 5.78 Å². The largest absolute Gasteiger partial charge is 0.295 e. The van der Waals surface area contributed by atoms with Crippen molar-refractivity contribution in [1.82, 2.24) is 4.98 Å². The molecule has 2 aromatic rings. The van der Waals surface area contributed by atoms with Gasteiger partial charge in [-0.1, -0.05) is 11.6 Å². The summed E-state index contributed by atoms with van der Waals surface area (Å²) in [6.07, 6.45) is 1.68. The third kappa shape index (κ3) is 1.49. The number of pyridine rings is 1. The van der Waals surface area contributed by atoms with Crippen LogP contribution in [0.4, 0.5) is 0 Å². The van der Waals surface area contributed by atoms with Crippen molar-refractivity contribution in [2.45, 2.75) is 6.92 Å². The SMILES string of the molecule is CC(=O)c1cc(Cl)c2cccnc2c1. The first kappa shape index (κ1) is 9.16. The first-order valence-corrected chi connectivity index (χ1v) is 4.61. The van der Waals surface area contributed by atoms with Gasteiger partial charge in [-0.25, -0.2) is 0 Å². The van der Waals surface area contributed by atoms with Crippen molar-refractivity contribution in [3.05, 3.63) is 41.0 Å². The summed E-state index contributed by atoms with van der Waals surface area (Å²) in [5.41, 5.74) is 1.35. The van der Waals surface area contributed by atoms with Crippen LogP contribution in [0.25, 0.3) is 10.9 Å². The molecule has 0 saturated heterocycles. The van der Waals surface area contributed by atoms with Gasteiger partial charge in [-0.3, -0.25) is 9.78 Å². The molecule has 70 valence electrons. The molecule has 0 amide bonds. The summed E-state index contributed by atoms with van der Waals surface area (Å²) in [4.78, 5) is 15.3. The fraction of sp³-hybridized carbons (Fsp3) is 0.0909. The molecule has 0 fully saturated rings. The number of halogens is 1. The quantitative estimate of drug-likeness (QED) is 0.670. The van der Waals surface area contributed by atoms with Gasteiger partial charge >= 0.3 is 0 Å². The highest BCUT2D eigenvalue weighted by Crippen LogP contribution is 2.23. The molecule has 0 unspecified atom stereocenters. The summed E-state index contributed by atoms with van der Waals surface area (Å²) in [6.45, 7) is 1.51. The molecule has 0 spiro atoms. The minimum atomic E-state index is -0.000506. The van der Waals surface area contributed by atoms with Gasteiger partial charge in [0, 0.05) is 17.1 Å². The van der Waals surface area contributed by atoms with Gasteiger partial charge in [0.05, 0.1) is 10.5 Å². The van der Waals surface area contributed by atoms with Crippen molar-refractivity contribution >= 4 is 28.3 Å². The number of benzene rings is 1. The first-order valence-electron chi connectivity index (χ1n) is 4.23. The van der Waals surface area contributed by atoms with Crippen LogP contribution in [0.15, 0.2) is 30.5 Å². The Labute approximate surface area is 86.5 Å². The second-order valence-electron chi connectivity index (χ2n) is 3.08. The van der Waals surface area contributed by atoms with Gasteiger partial charge in [-0.2, -0.15) is 0 Å². The van der Waals surface area contributed by atoms with E-state index in [1.54, 1.807) is 18.3 Å². The lowest BCUT2D eigenvalue weighted by Gasteiger charge is -2.01. The number of nitrogens with zero attached hydrogens (tertiary/aromatic N) is 1. The molecule has 0 atom stereocenters. The first-order chi connectivity index (χ1) is 6.68. The van der Waals surface area contributed by atoms with Gasteiger partial charge in [0.2, 0.25) is 0 Å². The number of carbonyl (C=O) groups is 1. The van der Waals surface area contributed by atoms with E-state index in [2.05, 4.69) is 4.98 Å². The van der Waals surface area contributed by atoms with E-state index in [4.69, 9.17) is 11.6 Å². The Bertz CT molecular complexity index is 508. The minimum absolute atomic E-state index is 0.000506. The van der Waals surface area contributed by atoms with Crippen LogP contribution < -0.4 is 0 Å². The van der Waals surface area contributed by atoms with Crippen molar-refractivity contribution in [3.63, 3.8) is 0 Å². The highest BCUT2D eigenvalue weighted by molar-refractivity contribution is 6.35. The average molecular weight is 206 g/mol. The lowest BCUT2D eigenvalue weighted by atomic mass is 10.1. The molecule has 14 heavy (non-hydrogen) atoms. The third-order valence-corrected chi connectivity index (χ3v) is 2.39. The fourth-order valence-corrected chi connectivity index (χ4v) is 1.62. The molecule has 0 aliphatic carbocycles. The number of rotatable bonds is 1. The number of hydrogen-bond acceptors (Lipinski definition) is 2. The number of ketones is 1. The topological polar surface area (TPSA) is 30.0 Å². The summed E-state index contributed by atoms with van der Waals surface area (Å²) in [5.74, 6) is -0.000506. The summed E-state index contributed by atoms with van der Waals surface area (Å²) in [6, 6.07) is 7.13. The van der Waals surface area contributed by atoms with Crippen molar-refractivity contribution in [2.75, 3.05) is 0 Å². The van der Waals surface area contributed by atoms with Crippen molar-refractivity contribution in [3.8, 4) is 0 Å². The van der Waals surface area contributed by atoms with Crippen LogP contribution in [0.1, 0.15) is 17.3 Å². The highest BCUT2D eigenvalue weighted by Gasteiger charge is 2.05. The smallest absolute Gasteiger partial charge is 0.159 e. The summed E-state index contributed by atoms with van der Waals surface area (Å²) in [5, 5.41) is 1.44. The van der Waals surface area contributed by atoms with Gasteiger partial charge < -0.3 is 0 Å². The molecule has 3 heteroatoms. The predicted molar refractivity (Wildman–Crippen MR) is 56.8 cm³/mol. The number of Topliss-reactive ketones (excluding diaryl/α,β-unsaturated/α-hetero) is 1. The third-order valence-electron chi connectivity index (χ3n) is 2.08. The highest BCUT2D eigenvalue weighted by atomic mass is 35.5. The zero-order valence-corrected chi connectivity index (χ0v) is 8.38. The van der Waals surface area contributed by atoms with Crippen LogP contribution in [0.2, 0.25) is 5.02 Å². The Kier molecular flexibility index (Phi) is 2.22. The Hall–Kier alpha value is -1.41. The van der Waals surface area contributed by atoms with Gasteiger partial charge in [-0.15, -0.1) is 0 Å². The van der Waals surface area contributed by atoms with Gasteiger partial charge in [-0.05, 0) is 31.2 Å². The molecule has 0 aliphatic rings. The van der Waals surface area contributed by atoms with Crippen molar-refractivity contribution in [2.24, 2.45) is 0 Å². The molecule has 0 radical (unpaired) electrons. The molecular weight excluding hydrogens is 198 g/mol. The van der Waals surface area contributed by atoms with Gasteiger partial charge in [0.1, 0.15) is 0 Å². The van der Waals surface area contributed by atoms with Crippen LogP contribution in [-0.2, 0) is 0 Å². The normalized spacial score (nSPS) is 10.4. The Morgan fingerprint density at radius 3 is 2.93 bits per heavy atom. The molecule has 1 heterocycles. The summed E-state index contributed by atoms with van der Waals surface area (Å²) in [7, 11) is 0. The lowest BCUT2D eigenvalue weighted by molar-refractivity contribution is 0.101. The fourth-order valence-electron chi connectivity index (χ4n) is 1.34. The number of carbonyl (C=O) groups excluding carboxylic acids is 1. The minimum Gasteiger partial charge on any atom is -0.295 e. The van der Waals surface area contributed by atoms with E-state index in [-0.39, 0.29) is 5.78 Å². The lowest BCUT2D eigenvalue weighted by Crippen LogP contribution is -1.92. The monoisotopic (exact) mass is 205 g/mol. The number of hydrogen-bond donors (Lipinski definition) is 0. The molecule has 1 aromatic carbocycles. The number of aromatic nitrogens is 1.